The molecule has 2 fully saturated rings. The molecule has 8 heteroatoms. The number of phenols is 1. The standard InChI is InChI=1S/C27H26F2N4O2/c1-3-18-21(28)7-6-16-9-17(34)10-19(22(16)18)24-23(29)25-20(11-30-24)26(32-27(31-25)35-2)33-12-14-4-5-15(8-14)13-33/h6-7,9-11,14-15,34H,3-5,8,12-13H2,1-2H3. The number of aromatic nitrogens is 3. The quantitative estimate of drug-likeness (QED) is 0.411. The van der Waals surface area contributed by atoms with Gasteiger partial charge in [-0.2, -0.15) is 9.97 Å². The number of piperidine rings is 1. The third kappa shape index (κ3) is 3.54. The largest absolute Gasteiger partial charge is 0.508 e. The van der Waals surface area contributed by atoms with Crippen molar-refractivity contribution >= 4 is 27.5 Å². The number of ether oxygens (including phenoxy) is 1. The molecule has 2 aliphatic rings. The van der Waals surface area contributed by atoms with Crippen LogP contribution in [0, 0.1) is 23.5 Å². The van der Waals surface area contributed by atoms with Crippen LogP contribution in [0.5, 0.6) is 11.8 Å². The van der Waals surface area contributed by atoms with Gasteiger partial charge in [0.1, 0.15) is 28.6 Å². The Bertz CT molecular complexity index is 1460. The fourth-order valence-electron chi connectivity index (χ4n) is 5.96. The van der Waals surface area contributed by atoms with Gasteiger partial charge in [0.2, 0.25) is 0 Å². The molecule has 35 heavy (non-hydrogen) atoms. The smallest absolute Gasteiger partial charge is 0.318 e. The maximum absolute atomic E-state index is 16.2. The predicted molar refractivity (Wildman–Crippen MR) is 131 cm³/mol. The molecule has 0 spiro atoms. The summed E-state index contributed by atoms with van der Waals surface area (Å²) in [4.78, 5) is 15.6. The first-order chi connectivity index (χ1) is 17.0. The van der Waals surface area contributed by atoms with Crippen LogP contribution < -0.4 is 9.64 Å². The Morgan fingerprint density at radius 1 is 1.11 bits per heavy atom. The molecule has 1 aliphatic heterocycles. The molecular formula is C27H26F2N4O2. The number of phenolic OH excluding ortho intramolecular Hbond substituents is 1. The van der Waals surface area contributed by atoms with Crippen LogP contribution >= 0.6 is 0 Å². The average Bonchev–Trinajstić information content (AvgIpc) is 3.20. The molecule has 3 heterocycles. The van der Waals surface area contributed by atoms with Gasteiger partial charge in [0.15, 0.2) is 5.82 Å². The van der Waals surface area contributed by atoms with E-state index in [1.54, 1.807) is 18.3 Å². The van der Waals surface area contributed by atoms with E-state index < -0.39 is 5.82 Å². The molecule has 1 aliphatic carbocycles. The summed E-state index contributed by atoms with van der Waals surface area (Å²) in [7, 11) is 1.46. The zero-order chi connectivity index (χ0) is 24.3. The lowest BCUT2D eigenvalue weighted by Crippen LogP contribution is -2.37. The highest BCUT2D eigenvalue weighted by Gasteiger charge is 2.34. The molecule has 6 nitrogen and oxygen atoms in total. The van der Waals surface area contributed by atoms with Crippen LogP contribution in [0.4, 0.5) is 14.6 Å². The van der Waals surface area contributed by atoms with E-state index >= 15 is 4.39 Å². The number of benzene rings is 2. The second kappa shape index (κ2) is 8.29. The van der Waals surface area contributed by atoms with Crippen molar-refractivity contribution in [2.45, 2.75) is 32.6 Å². The zero-order valence-electron chi connectivity index (χ0n) is 19.7. The number of fused-ring (bicyclic) bond motifs is 4. The number of rotatable bonds is 4. The van der Waals surface area contributed by atoms with Gasteiger partial charge < -0.3 is 14.7 Å². The lowest BCUT2D eigenvalue weighted by atomic mass is 9.94. The van der Waals surface area contributed by atoms with Crippen molar-refractivity contribution in [3.8, 4) is 23.0 Å². The molecule has 6 rings (SSSR count). The van der Waals surface area contributed by atoms with Crippen LogP contribution in [0.2, 0.25) is 0 Å². The van der Waals surface area contributed by atoms with Gasteiger partial charge in [0.05, 0.1) is 12.5 Å². The highest BCUT2D eigenvalue weighted by atomic mass is 19.1. The predicted octanol–water partition coefficient (Wildman–Crippen LogP) is 5.64. The highest BCUT2D eigenvalue weighted by molar-refractivity contribution is 6.01. The highest BCUT2D eigenvalue weighted by Crippen LogP contribution is 2.41. The monoisotopic (exact) mass is 476 g/mol. The van der Waals surface area contributed by atoms with Crippen molar-refractivity contribution in [1.29, 1.82) is 0 Å². The zero-order valence-corrected chi connectivity index (χ0v) is 19.7. The number of hydrogen-bond donors (Lipinski definition) is 1. The van der Waals surface area contributed by atoms with Gasteiger partial charge in [0, 0.05) is 24.8 Å². The molecule has 4 aromatic rings. The van der Waals surface area contributed by atoms with Crippen molar-refractivity contribution < 1.29 is 18.6 Å². The van der Waals surface area contributed by atoms with E-state index in [-0.39, 0.29) is 28.8 Å². The van der Waals surface area contributed by atoms with E-state index in [0.717, 1.165) is 13.1 Å². The van der Waals surface area contributed by atoms with E-state index in [4.69, 9.17) is 4.74 Å². The summed E-state index contributed by atoms with van der Waals surface area (Å²) in [6, 6.07) is 6.01. The molecular weight excluding hydrogens is 450 g/mol. The molecule has 1 N–H and O–H groups in total. The minimum absolute atomic E-state index is 0.00381. The molecule has 2 aromatic carbocycles. The van der Waals surface area contributed by atoms with Crippen LogP contribution in [0.15, 0.2) is 30.5 Å². The molecule has 0 radical (unpaired) electrons. The normalized spacial score (nSPS) is 19.6. The van der Waals surface area contributed by atoms with Crippen molar-refractivity contribution in [1.82, 2.24) is 15.0 Å². The summed E-state index contributed by atoms with van der Waals surface area (Å²) in [6.45, 7) is 3.58. The maximum atomic E-state index is 16.2. The molecule has 2 atom stereocenters. The Morgan fingerprint density at radius 2 is 1.89 bits per heavy atom. The van der Waals surface area contributed by atoms with Gasteiger partial charge in [-0.3, -0.25) is 4.98 Å². The lowest BCUT2D eigenvalue weighted by molar-refractivity contribution is 0.378. The fraction of sp³-hybridized carbons (Fsp3) is 0.370. The summed E-state index contributed by atoms with van der Waals surface area (Å²) < 4.78 is 36.2. The molecule has 0 amide bonds. The number of hydrogen-bond acceptors (Lipinski definition) is 6. The summed E-state index contributed by atoms with van der Waals surface area (Å²) >= 11 is 0. The number of nitrogens with zero attached hydrogens (tertiary/aromatic N) is 4. The number of halogens is 2. The Kier molecular flexibility index (Phi) is 5.20. The third-order valence-corrected chi connectivity index (χ3v) is 7.49. The minimum atomic E-state index is -0.650. The summed E-state index contributed by atoms with van der Waals surface area (Å²) in [6.07, 6.45) is 5.64. The van der Waals surface area contributed by atoms with Crippen molar-refractivity contribution in [3.63, 3.8) is 0 Å². The average molecular weight is 477 g/mol. The summed E-state index contributed by atoms with van der Waals surface area (Å²) in [5.74, 6) is 0.780. The minimum Gasteiger partial charge on any atom is -0.508 e. The molecule has 1 saturated carbocycles. The van der Waals surface area contributed by atoms with Crippen LogP contribution in [0.3, 0.4) is 0 Å². The van der Waals surface area contributed by atoms with Gasteiger partial charge in [0.25, 0.3) is 0 Å². The Hall–Kier alpha value is -3.55. The van der Waals surface area contributed by atoms with Gasteiger partial charge in [-0.05, 0) is 72.1 Å². The molecule has 1 saturated heterocycles. The summed E-state index contributed by atoms with van der Waals surface area (Å²) in [5, 5.41) is 12.0. The number of aryl methyl sites for hydroxylation is 1. The van der Waals surface area contributed by atoms with E-state index in [0.29, 0.717) is 51.4 Å². The molecule has 2 bridgehead atoms. The fourth-order valence-corrected chi connectivity index (χ4v) is 5.96. The molecule has 2 unspecified atom stereocenters. The number of anilines is 1. The van der Waals surface area contributed by atoms with Crippen molar-refractivity contribution in [2.75, 3.05) is 25.1 Å². The SMILES string of the molecule is CCc1c(F)ccc2cc(O)cc(-c3ncc4c(N5CC6CCC(C6)C5)nc(OC)nc4c3F)c12. The van der Waals surface area contributed by atoms with Gasteiger partial charge >= 0.3 is 6.01 Å². The number of pyridine rings is 1. The maximum Gasteiger partial charge on any atom is 0.318 e. The van der Waals surface area contributed by atoms with E-state index in [1.807, 2.05) is 6.92 Å². The van der Waals surface area contributed by atoms with Gasteiger partial charge in [-0.1, -0.05) is 13.0 Å². The van der Waals surface area contributed by atoms with E-state index in [2.05, 4.69) is 19.9 Å². The Morgan fingerprint density at radius 3 is 2.60 bits per heavy atom. The second-order valence-electron chi connectivity index (χ2n) is 9.64. The summed E-state index contributed by atoms with van der Waals surface area (Å²) in [5.41, 5.74) is 0.874. The van der Waals surface area contributed by atoms with Gasteiger partial charge in [-0.15, -0.1) is 0 Å². The van der Waals surface area contributed by atoms with E-state index in [9.17, 15) is 9.50 Å². The number of methoxy groups -OCH3 is 1. The van der Waals surface area contributed by atoms with Gasteiger partial charge in [-0.25, -0.2) is 8.78 Å². The first kappa shape index (κ1) is 21.9. The van der Waals surface area contributed by atoms with Crippen LogP contribution in [-0.2, 0) is 6.42 Å². The molecule has 180 valence electrons. The molecule has 2 aromatic heterocycles. The van der Waals surface area contributed by atoms with E-state index in [1.165, 1.54) is 38.5 Å². The van der Waals surface area contributed by atoms with Crippen molar-refractivity contribution in [3.05, 3.63) is 47.7 Å². The topological polar surface area (TPSA) is 71.4 Å². The number of aromatic hydroxyl groups is 1. The Balaban J connectivity index is 1.59. The first-order valence-electron chi connectivity index (χ1n) is 12.1. The van der Waals surface area contributed by atoms with Crippen LogP contribution in [0.1, 0.15) is 31.7 Å². The van der Waals surface area contributed by atoms with Crippen LogP contribution in [0.25, 0.3) is 32.9 Å². The third-order valence-electron chi connectivity index (χ3n) is 7.49. The lowest BCUT2D eigenvalue weighted by Gasteiger charge is -2.33. The van der Waals surface area contributed by atoms with Crippen LogP contribution in [-0.4, -0.2) is 40.3 Å². The first-order valence-corrected chi connectivity index (χ1v) is 12.1. The second-order valence-corrected chi connectivity index (χ2v) is 9.64. The Labute approximate surface area is 201 Å². The van der Waals surface area contributed by atoms with Crippen molar-refractivity contribution in [2.24, 2.45) is 11.8 Å².